The molecule has 42 heavy (non-hydrogen) atoms. The fourth-order valence-electron chi connectivity index (χ4n) is 6.40. The van der Waals surface area contributed by atoms with Gasteiger partial charge >= 0.3 is 0 Å². The van der Waals surface area contributed by atoms with Gasteiger partial charge in [0.15, 0.2) is 23.1 Å². The lowest BCUT2D eigenvalue weighted by Crippen LogP contribution is -2.38. The van der Waals surface area contributed by atoms with Crippen LogP contribution in [0.5, 0.6) is 11.5 Å². The first-order valence-electron chi connectivity index (χ1n) is 14.6. The second-order valence-corrected chi connectivity index (χ2v) is 12.7. The fraction of sp³-hybridized carbons (Fsp3) is 0.314. The average Bonchev–Trinajstić information content (AvgIpc) is 2.99. The van der Waals surface area contributed by atoms with Gasteiger partial charge in [0.1, 0.15) is 6.61 Å². The molecule has 6 rings (SSSR count). The van der Waals surface area contributed by atoms with Crippen LogP contribution in [0, 0.1) is 0 Å². The molecule has 0 saturated heterocycles. The molecule has 0 saturated carbocycles. The van der Waals surface area contributed by atoms with Crippen LogP contribution in [-0.2, 0) is 22.7 Å². The van der Waals surface area contributed by atoms with Gasteiger partial charge in [-0.1, -0.05) is 58.4 Å². The molecule has 0 spiro atoms. The van der Waals surface area contributed by atoms with E-state index in [2.05, 4.69) is 48.9 Å². The van der Waals surface area contributed by atoms with Crippen molar-refractivity contribution in [2.75, 3.05) is 6.61 Å². The summed E-state index contributed by atoms with van der Waals surface area (Å²) in [7, 11) is 0. The first-order chi connectivity index (χ1) is 20.4. The number of ether oxygens (including phenoxy) is 2. The summed E-state index contributed by atoms with van der Waals surface area (Å²) in [5.41, 5.74) is 6.75. The maximum absolute atomic E-state index is 13.7. The highest BCUT2D eigenvalue weighted by Crippen LogP contribution is 2.51. The summed E-state index contributed by atoms with van der Waals surface area (Å²) < 4.78 is 14.1. The van der Waals surface area contributed by atoms with E-state index in [1.165, 1.54) is 5.56 Å². The molecule has 216 valence electrons. The molecule has 5 nitrogen and oxygen atoms in total. The third-order valence-corrected chi connectivity index (χ3v) is 9.35. The summed E-state index contributed by atoms with van der Waals surface area (Å²) in [6.45, 7) is 3.44. The maximum atomic E-state index is 13.7. The lowest BCUT2D eigenvalue weighted by Gasteiger charge is -2.44. The Morgan fingerprint density at radius 2 is 1.43 bits per heavy atom. The normalized spacial score (nSPS) is 17.4. The molecule has 0 aromatic heterocycles. The molecule has 0 unspecified atom stereocenters. The van der Waals surface area contributed by atoms with E-state index < -0.39 is 5.92 Å². The molecular formula is C35H33Br2NO4. The molecule has 1 heterocycles. The first kappa shape index (κ1) is 28.9. The standard InChI is InChI=1S/C35H33Br2NO4/c1-2-41-31-19-24(18-26(37)35(31)42-21-23-14-16-25(36)17-15-23)32-33-27(10-6-12-29(33)39)38(20-22-8-4-3-5-9-22)28-11-7-13-30(40)34(28)32/h3-5,8-9,14-19,32H,2,6-7,10-13,20-21H2,1H3. The van der Waals surface area contributed by atoms with E-state index in [1.807, 2.05) is 61.5 Å². The van der Waals surface area contributed by atoms with Gasteiger partial charge in [0.25, 0.3) is 0 Å². The summed E-state index contributed by atoms with van der Waals surface area (Å²) in [6.07, 6.45) is 4.29. The largest absolute Gasteiger partial charge is 0.490 e. The number of rotatable bonds is 8. The van der Waals surface area contributed by atoms with E-state index in [-0.39, 0.29) is 11.6 Å². The molecule has 3 aromatic rings. The molecule has 0 amide bonds. The van der Waals surface area contributed by atoms with Crippen molar-refractivity contribution in [1.82, 2.24) is 4.90 Å². The van der Waals surface area contributed by atoms with Crippen LogP contribution in [0.3, 0.4) is 0 Å². The molecule has 0 fully saturated rings. The molecule has 1 aliphatic heterocycles. The highest BCUT2D eigenvalue weighted by molar-refractivity contribution is 9.10. The zero-order valence-corrected chi connectivity index (χ0v) is 26.8. The van der Waals surface area contributed by atoms with Gasteiger partial charge in [-0.15, -0.1) is 0 Å². The third-order valence-electron chi connectivity index (χ3n) is 8.23. The van der Waals surface area contributed by atoms with Gasteiger partial charge in [0, 0.05) is 52.3 Å². The van der Waals surface area contributed by atoms with Crippen LogP contribution in [0.4, 0.5) is 0 Å². The number of hydrogen-bond donors (Lipinski definition) is 0. The predicted molar refractivity (Wildman–Crippen MR) is 170 cm³/mol. The van der Waals surface area contributed by atoms with Crippen LogP contribution < -0.4 is 9.47 Å². The smallest absolute Gasteiger partial charge is 0.175 e. The van der Waals surface area contributed by atoms with Gasteiger partial charge in [-0.05, 0) is 89.5 Å². The third kappa shape index (κ3) is 5.73. The Kier molecular flexibility index (Phi) is 8.68. The van der Waals surface area contributed by atoms with Gasteiger partial charge in [-0.2, -0.15) is 0 Å². The van der Waals surface area contributed by atoms with Crippen molar-refractivity contribution in [2.24, 2.45) is 0 Å². The summed E-state index contributed by atoms with van der Waals surface area (Å²) in [4.78, 5) is 29.8. The van der Waals surface area contributed by atoms with E-state index in [0.717, 1.165) is 68.3 Å². The highest BCUT2D eigenvalue weighted by Gasteiger charge is 2.43. The molecule has 0 N–H and O–H groups in total. The molecule has 0 radical (unpaired) electrons. The summed E-state index contributed by atoms with van der Waals surface area (Å²) in [5.74, 6) is 1.06. The van der Waals surface area contributed by atoms with Crippen molar-refractivity contribution in [3.8, 4) is 11.5 Å². The number of ketones is 2. The van der Waals surface area contributed by atoms with Gasteiger partial charge in [-0.25, -0.2) is 0 Å². The van der Waals surface area contributed by atoms with Crippen molar-refractivity contribution in [1.29, 1.82) is 0 Å². The van der Waals surface area contributed by atoms with Crippen LogP contribution >= 0.6 is 31.9 Å². The maximum Gasteiger partial charge on any atom is 0.175 e. The van der Waals surface area contributed by atoms with E-state index in [9.17, 15) is 9.59 Å². The lowest BCUT2D eigenvalue weighted by atomic mass is 9.71. The highest BCUT2D eigenvalue weighted by atomic mass is 79.9. The Balaban J connectivity index is 1.45. The molecule has 3 aromatic carbocycles. The number of benzene rings is 3. The second-order valence-electron chi connectivity index (χ2n) is 11.0. The van der Waals surface area contributed by atoms with E-state index >= 15 is 0 Å². The Morgan fingerprint density at radius 1 is 0.786 bits per heavy atom. The van der Waals surface area contributed by atoms with Crippen LogP contribution in [0.25, 0.3) is 0 Å². The minimum atomic E-state index is -0.418. The Hall–Kier alpha value is -3.16. The number of hydrogen-bond acceptors (Lipinski definition) is 5. The SMILES string of the molecule is CCOc1cc(C2C3=C(CCCC3=O)N(Cc3ccccc3)C3=C2C(=O)CCC3)cc(Br)c1OCc1ccc(Br)cc1. The number of Topliss-reactive ketones (excluding diaryl/α,β-unsaturated/α-hetero) is 2. The lowest BCUT2D eigenvalue weighted by molar-refractivity contribution is -0.117. The minimum Gasteiger partial charge on any atom is -0.490 e. The fourth-order valence-corrected chi connectivity index (χ4v) is 7.24. The van der Waals surface area contributed by atoms with Gasteiger partial charge in [0.2, 0.25) is 0 Å². The molecule has 2 aliphatic carbocycles. The van der Waals surface area contributed by atoms with Crippen molar-refractivity contribution < 1.29 is 19.1 Å². The predicted octanol–water partition coefficient (Wildman–Crippen LogP) is 8.80. The van der Waals surface area contributed by atoms with Crippen molar-refractivity contribution in [2.45, 2.75) is 64.5 Å². The van der Waals surface area contributed by atoms with Crippen molar-refractivity contribution in [3.63, 3.8) is 0 Å². The Morgan fingerprint density at radius 3 is 2.05 bits per heavy atom. The van der Waals surface area contributed by atoms with Crippen LogP contribution in [0.1, 0.15) is 68.1 Å². The van der Waals surface area contributed by atoms with Crippen LogP contribution in [0.2, 0.25) is 0 Å². The van der Waals surface area contributed by atoms with Gasteiger partial charge in [-0.3, -0.25) is 9.59 Å². The topological polar surface area (TPSA) is 55.8 Å². The van der Waals surface area contributed by atoms with Gasteiger partial charge < -0.3 is 14.4 Å². The summed E-state index contributed by atoms with van der Waals surface area (Å²) in [6, 6.07) is 22.3. The minimum absolute atomic E-state index is 0.133. The van der Waals surface area contributed by atoms with E-state index in [0.29, 0.717) is 44.1 Å². The van der Waals surface area contributed by atoms with E-state index in [1.54, 1.807) is 0 Å². The number of carbonyl (C=O) groups is 2. The number of allylic oxidation sites excluding steroid dienone is 4. The monoisotopic (exact) mass is 689 g/mol. The Labute approximate surface area is 263 Å². The zero-order chi connectivity index (χ0) is 29.2. The molecule has 3 aliphatic rings. The second kappa shape index (κ2) is 12.6. The molecule has 7 heteroatoms. The average molecular weight is 691 g/mol. The zero-order valence-electron chi connectivity index (χ0n) is 23.6. The van der Waals surface area contributed by atoms with E-state index in [4.69, 9.17) is 9.47 Å². The number of nitrogens with zero attached hydrogens (tertiary/aromatic N) is 1. The Bertz CT molecular complexity index is 1530. The van der Waals surface area contributed by atoms with Crippen LogP contribution in [0.15, 0.2) is 98.2 Å². The van der Waals surface area contributed by atoms with Crippen LogP contribution in [-0.4, -0.2) is 23.1 Å². The molecule has 0 atom stereocenters. The number of carbonyl (C=O) groups excluding carboxylic acids is 2. The summed E-state index contributed by atoms with van der Waals surface area (Å²) in [5, 5.41) is 0. The van der Waals surface area contributed by atoms with Gasteiger partial charge in [0.05, 0.1) is 11.1 Å². The quantitative estimate of drug-likeness (QED) is 0.237. The number of halogens is 2. The van der Waals surface area contributed by atoms with Crippen molar-refractivity contribution in [3.05, 3.63) is 115 Å². The first-order valence-corrected chi connectivity index (χ1v) is 16.2. The van der Waals surface area contributed by atoms with Crippen molar-refractivity contribution >= 4 is 43.4 Å². The molecule has 0 bridgehead atoms. The molecular weight excluding hydrogens is 658 g/mol. The summed E-state index contributed by atoms with van der Waals surface area (Å²) >= 11 is 7.24.